The zero-order chi connectivity index (χ0) is 21.3. The Bertz CT molecular complexity index is 1900. The van der Waals surface area contributed by atoms with E-state index >= 15 is 0 Å². The van der Waals surface area contributed by atoms with Crippen molar-refractivity contribution in [3.05, 3.63) is 106 Å². The van der Waals surface area contributed by atoms with E-state index in [9.17, 15) is 0 Å². The number of nitrogens with zero attached hydrogens (tertiary/aromatic N) is 1. The maximum absolute atomic E-state index is 6.58. The molecule has 2 atom stereocenters. The van der Waals surface area contributed by atoms with Crippen LogP contribution in [0.4, 0.5) is 0 Å². The smallest absolute Gasteiger partial charge is 0.299 e. The quantitative estimate of drug-likeness (QED) is 0.294. The second kappa shape index (κ2) is 5.61. The second-order valence-corrected chi connectivity index (χ2v) is 9.94. The fourth-order valence-corrected chi connectivity index (χ4v) is 7.43. The lowest BCUT2D eigenvalue weighted by Gasteiger charge is -2.34. The lowest BCUT2D eigenvalue weighted by molar-refractivity contribution is 0.568. The van der Waals surface area contributed by atoms with E-state index in [0.29, 0.717) is 18.6 Å². The molecule has 2 unspecified atom stereocenters. The van der Waals surface area contributed by atoms with Crippen molar-refractivity contribution in [2.75, 3.05) is 0 Å². The summed E-state index contributed by atoms with van der Waals surface area (Å²) in [6, 6.07) is 24.4. The molecule has 3 aromatic carbocycles. The van der Waals surface area contributed by atoms with Crippen molar-refractivity contribution in [1.29, 1.82) is 0 Å². The molecular formula is C30H20BNO. The van der Waals surface area contributed by atoms with Crippen LogP contribution in [0.5, 0.6) is 0 Å². The first-order chi connectivity index (χ1) is 16.4. The number of rotatable bonds is 0. The van der Waals surface area contributed by atoms with Gasteiger partial charge in [0.15, 0.2) is 0 Å². The third-order valence-electron chi connectivity index (χ3n) is 8.57. The minimum absolute atomic E-state index is 0.361. The Morgan fingerprint density at radius 1 is 0.848 bits per heavy atom. The van der Waals surface area contributed by atoms with E-state index < -0.39 is 0 Å². The minimum Gasteiger partial charge on any atom is -0.456 e. The Balaban J connectivity index is 1.47. The van der Waals surface area contributed by atoms with Crippen LogP contribution in [0.3, 0.4) is 0 Å². The van der Waals surface area contributed by atoms with Gasteiger partial charge in [0.25, 0.3) is 6.85 Å². The SMILES string of the molecule is C1=CC2=C3B(C4CC=c5c(oc6ccccc56)=C24)n2c4ccccc4c4cccc(c42)C3C1. The zero-order valence-electron chi connectivity index (χ0n) is 18.1. The largest absolute Gasteiger partial charge is 0.456 e. The first-order valence-electron chi connectivity index (χ1n) is 12.0. The summed E-state index contributed by atoms with van der Waals surface area (Å²) in [6.45, 7) is 0.361. The number of hydrogen-bond acceptors (Lipinski definition) is 1. The lowest BCUT2D eigenvalue weighted by Crippen LogP contribution is -2.38. The van der Waals surface area contributed by atoms with Crippen molar-refractivity contribution in [3.8, 4) is 0 Å². The van der Waals surface area contributed by atoms with Crippen LogP contribution >= 0.6 is 0 Å². The van der Waals surface area contributed by atoms with Gasteiger partial charge < -0.3 is 8.90 Å². The maximum atomic E-state index is 6.58. The summed E-state index contributed by atoms with van der Waals surface area (Å²) in [4.78, 5) is 0. The van der Waals surface area contributed by atoms with Gasteiger partial charge in [0, 0.05) is 43.9 Å². The Labute approximate surface area is 190 Å². The number of allylic oxidation sites excluding steroid dienone is 4. The van der Waals surface area contributed by atoms with E-state index in [2.05, 4.69) is 89.4 Å². The molecule has 2 aliphatic heterocycles. The zero-order valence-corrected chi connectivity index (χ0v) is 18.1. The minimum atomic E-state index is 0.361. The molecule has 5 aromatic rings. The van der Waals surface area contributed by atoms with E-state index in [-0.39, 0.29) is 0 Å². The molecule has 3 heteroatoms. The van der Waals surface area contributed by atoms with E-state index in [4.69, 9.17) is 4.42 Å². The van der Waals surface area contributed by atoms with Gasteiger partial charge in [-0.05, 0) is 41.9 Å². The number of aromatic nitrogens is 1. The van der Waals surface area contributed by atoms with Crippen molar-refractivity contribution >= 4 is 51.3 Å². The summed E-state index contributed by atoms with van der Waals surface area (Å²) in [5.74, 6) is 0.877. The van der Waals surface area contributed by atoms with Gasteiger partial charge in [-0.25, -0.2) is 0 Å². The van der Waals surface area contributed by atoms with Gasteiger partial charge in [-0.1, -0.05) is 78.3 Å². The average Bonchev–Trinajstić information content (AvgIpc) is 3.51. The first kappa shape index (κ1) is 16.9. The number of benzene rings is 3. The number of hydrogen-bond donors (Lipinski definition) is 0. The molecule has 2 aromatic heterocycles. The van der Waals surface area contributed by atoms with Crippen LogP contribution in [0.15, 0.2) is 94.3 Å². The fourth-order valence-electron chi connectivity index (χ4n) is 7.43. The van der Waals surface area contributed by atoms with Crippen molar-refractivity contribution in [1.82, 2.24) is 4.48 Å². The van der Waals surface area contributed by atoms with E-state index in [1.165, 1.54) is 49.1 Å². The molecule has 0 saturated carbocycles. The normalized spacial score (nSPS) is 22.2. The molecule has 2 aliphatic carbocycles. The third kappa shape index (κ3) is 1.83. The molecule has 4 aliphatic rings. The molecule has 0 radical (unpaired) electrons. The van der Waals surface area contributed by atoms with Crippen LogP contribution < -0.4 is 10.6 Å². The highest BCUT2D eigenvalue weighted by molar-refractivity contribution is 6.74. The highest BCUT2D eigenvalue weighted by Crippen LogP contribution is 2.57. The van der Waals surface area contributed by atoms with Gasteiger partial charge in [0.2, 0.25) is 0 Å². The molecular weight excluding hydrogens is 401 g/mol. The van der Waals surface area contributed by atoms with Crippen LogP contribution in [0, 0.1) is 0 Å². The van der Waals surface area contributed by atoms with Gasteiger partial charge in [0.1, 0.15) is 11.0 Å². The molecule has 154 valence electrons. The van der Waals surface area contributed by atoms with Crippen molar-refractivity contribution in [3.63, 3.8) is 0 Å². The fraction of sp³-hybridized carbons (Fsp3) is 0.133. The molecule has 0 spiro atoms. The molecule has 0 amide bonds. The summed E-state index contributed by atoms with van der Waals surface area (Å²) in [5.41, 5.74) is 10.9. The Morgan fingerprint density at radius 3 is 2.67 bits per heavy atom. The molecule has 0 N–H and O–H groups in total. The molecule has 0 bridgehead atoms. The average molecular weight is 421 g/mol. The second-order valence-electron chi connectivity index (χ2n) is 9.94. The summed E-state index contributed by atoms with van der Waals surface area (Å²) in [5, 5.41) is 5.31. The Morgan fingerprint density at radius 2 is 1.70 bits per heavy atom. The van der Waals surface area contributed by atoms with Crippen molar-refractivity contribution < 1.29 is 4.42 Å². The van der Waals surface area contributed by atoms with Gasteiger partial charge in [-0.2, -0.15) is 0 Å². The molecule has 4 heterocycles. The van der Waals surface area contributed by atoms with Crippen LogP contribution in [-0.2, 0) is 0 Å². The van der Waals surface area contributed by atoms with Crippen LogP contribution in [0.1, 0.15) is 24.3 Å². The number of furan rings is 1. The third-order valence-corrected chi connectivity index (χ3v) is 8.57. The van der Waals surface area contributed by atoms with Crippen molar-refractivity contribution in [2.24, 2.45) is 0 Å². The first-order valence-corrected chi connectivity index (χ1v) is 12.0. The van der Waals surface area contributed by atoms with E-state index in [1.54, 1.807) is 5.47 Å². The monoisotopic (exact) mass is 421 g/mol. The van der Waals surface area contributed by atoms with Crippen LogP contribution in [0.25, 0.3) is 44.4 Å². The summed E-state index contributed by atoms with van der Waals surface area (Å²) >= 11 is 0. The number of para-hydroxylation sites is 3. The highest BCUT2D eigenvalue weighted by atomic mass is 16.3. The molecule has 2 nitrogen and oxygen atoms in total. The maximum Gasteiger partial charge on any atom is 0.299 e. The highest BCUT2D eigenvalue weighted by Gasteiger charge is 2.51. The molecule has 0 saturated heterocycles. The Hall–Kier alpha value is -3.72. The Kier molecular flexibility index (Phi) is 2.86. The molecule has 33 heavy (non-hydrogen) atoms. The van der Waals surface area contributed by atoms with Gasteiger partial charge >= 0.3 is 0 Å². The number of fused-ring (bicyclic) bond motifs is 11. The summed E-state index contributed by atoms with van der Waals surface area (Å²) in [7, 11) is 0. The summed E-state index contributed by atoms with van der Waals surface area (Å²) < 4.78 is 9.26. The van der Waals surface area contributed by atoms with Crippen LogP contribution in [-0.4, -0.2) is 11.3 Å². The lowest BCUT2D eigenvalue weighted by atomic mass is 9.42. The van der Waals surface area contributed by atoms with Gasteiger partial charge in [-0.15, -0.1) is 0 Å². The van der Waals surface area contributed by atoms with Gasteiger partial charge in [-0.3, -0.25) is 0 Å². The topological polar surface area (TPSA) is 18.1 Å². The molecule has 0 fully saturated rings. The van der Waals surface area contributed by atoms with Crippen LogP contribution in [0.2, 0.25) is 5.82 Å². The van der Waals surface area contributed by atoms with Gasteiger partial charge in [0.05, 0.1) is 0 Å². The van der Waals surface area contributed by atoms with Crippen molar-refractivity contribution in [2.45, 2.75) is 24.6 Å². The summed E-state index contributed by atoms with van der Waals surface area (Å²) in [6.07, 6.45) is 9.38. The predicted octanol–water partition coefficient (Wildman–Crippen LogP) is 5.69. The predicted molar refractivity (Wildman–Crippen MR) is 136 cm³/mol. The molecule has 9 rings (SSSR count). The van der Waals surface area contributed by atoms with E-state index in [0.717, 1.165) is 23.8 Å². The standard InChI is InChI=1S/C30H20BNO/c1-3-13-25-17(7-1)20-10-6-11-21-19-9-5-12-23-27-24(31(28(19)23)32(25)29(20)21)16-15-22-18-8-2-4-14-26(18)33-30(22)27/h1-8,10-15,19,24H,9,16H2. The van der Waals surface area contributed by atoms with E-state index in [1.807, 2.05) is 0 Å².